The van der Waals surface area contributed by atoms with Crippen molar-refractivity contribution in [2.75, 3.05) is 33.2 Å². The minimum atomic E-state index is -3.53. The predicted molar refractivity (Wildman–Crippen MR) is 116 cm³/mol. The Hall–Kier alpha value is -1.74. The van der Waals surface area contributed by atoms with Crippen LogP contribution in [0.3, 0.4) is 0 Å². The minimum Gasteiger partial charge on any atom is -0.357 e. The molecule has 0 saturated carbocycles. The van der Waals surface area contributed by atoms with E-state index in [2.05, 4.69) is 37.8 Å². The second-order valence-electron chi connectivity index (χ2n) is 7.56. The summed E-state index contributed by atoms with van der Waals surface area (Å²) in [6, 6.07) is 11.2. The molecule has 8 heteroatoms. The zero-order chi connectivity index (χ0) is 20.6. The third-order valence-electron chi connectivity index (χ3n) is 5.44. The highest BCUT2D eigenvalue weighted by Gasteiger charge is 2.23. The summed E-state index contributed by atoms with van der Waals surface area (Å²) in [4.78, 5) is 8.07. The van der Waals surface area contributed by atoms with Gasteiger partial charge in [-0.15, -0.1) is 0 Å². The fourth-order valence-corrected chi connectivity index (χ4v) is 5.33. The number of halogens is 2. The van der Waals surface area contributed by atoms with Gasteiger partial charge in [-0.2, -0.15) is 0 Å². The number of rotatable bonds is 5. The Morgan fingerprint density at radius 3 is 2.45 bits per heavy atom. The van der Waals surface area contributed by atoms with Crippen LogP contribution in [0.5, 0.6) is 0 Å². The molecule has 29 heavy (non-hydrogen) atoms. The average Bonchev–Trinajstić information content (AvgIpc) is 3.00. The van der Waals surface area contributed by atoms with Crippen LogP contribution in [0.4, 0.5) is 4.39 Å². The lowest BCUT2D eigenvalue weighted by molar-refractivity contribution is 0.148. The number of H-pyrrole nitrogens is 1. The standard InChI is InChI=1S/C21H23BrFN3O2S/c1-25-8-10-26(11-9-25)13-19-18-12-16(23)4-7-20(18)24-21(19)14-29(27,28)17-5-2-15(22)3-6-17/h2-7,12,24H,8-11,13-14H2,1H3. The van der Waals surface area contributed by atoms with E-state index in [4.69, 9.17) is 0 Å². The molecule has 0 bridgehead atoms. The summed E-state index contributed by atoms with van der Waals surface area (Å²) in [6.07, 6.45) is 0. The Labute approximate surface area is 178 Å². The molecule has 1 N–H and O–H groups in total. The van der Waals surface area contributed by atoms with E-state index in [0.717, 1.165) is 47.1 Å². The van der Waals surface area contributed by atoms with Crippen molar-refractivity contribution in [3.05, 3.63) is 64.0 Å². The van der Waals surface area contributed by atoms with Gasteiger partial charge in [-0.25, -0.2) is 12.8 Å². The van der Waals surface area contributed by atoms with Gasteiger partial charge in [0.1, 0.15) is 5.82 Å². The van der Waals surface area contributed by atoms with Crippen LogP contribution in [0.1, 0.15) is 11.3 Å². The number of likely N-dealkylation sites (N-methyl/N-ethyl adjacent to an activating group) is 1. The van der Waals surface area contributed by atoms with Crippen LogP contribution in [-0.2, 0) is 22.1 Å². The SMILES string of the molecule is CN1CCN(Cc2c(CS(=O)(=O)c3ccc(Br)cc3)[nH]c3ccc(F)cc23)CC1. The second kappa shape index (κ2) is 8.18. The molecule has 1 aliphatic heterocycles. The van der Waals surface area contributed by atoms with Gasteiger partial charge in [-0.05, 0) is 55.1 Å². The average molecular weight is 480 g/mol. The molecule has 0 spiro atoms. The number of nitrogens with zero attached hydrogens (tertiary/aromatic N) is 2. The summed E-state index contributed by atoms with van der Waals surface area (Å²) in [5.74, 6) is -0.466. The monoisotopic (exact) mass is 479 g/mol. The van der Waals surface area contributed by atoms with Crippen LogP contribution in [-0.4, -0.2) is 56.4 Å². The highest BCUT2D eigenvalue weighted by atomic mass is 79.9. The van der Waals surface area contributed by atoms with Gasteiger partial charge in [0, 0.05) is 53.8 Å². The highest BCUT2D eigenvalue weighted by Crippen LogP contribution is 2.28. The quantitative estimate of drug-likeness (QED) is 0.604. The molecule has 2 heterocycles. The van der Waals surface area contributed by atoms with E-state index in [9.17, 15) is 12.8 Å². The van der Waals surface area contributed by atoms with Gasteiger partial charge in [0.05, 0.1) is 10.6 Å². The first-order chi connectivity index (χ1) is 13.8. The molecule has 1 aliphatic rings. The Morgan fingerprint density at radius 2 is 1.76 bits per heavy atom. The fourth-order valence-electron chi connectivity index (χ4n) is 3.72. The summed E-state index contributed by atoms with van der Waals surface area (Å²) in [6.45, 7) is 4.32. The highest BCUT2D eigenvalue weighted by molar-refractivity contribution is 9.10. The van der Waals surface area contributed by atoms with Crippen LogP contribution in [0.2, 0.25) is 0 Å². The first-order valence-electron chi connectivity index (χ1n) is 9.50. The van der Waals surface area contributed by atoms with Crippen molar-refractivity contribution in [3.8, 4) is 0 Å². The molecule has 5 nitrogen and oxygen atoms in total. The fraction of sp³-hybridized carbons (Fsp3) is 0.333. The van der Waals surface area contributed by atoms with Crippen LogP contribution in [0, 0.1) is 5.82 Å². The third-order valence-corrected chi connectivity index (χ3v) is 7.63. The molecule has 1 saturated heterocycles. The predicted octanol–water partition coefficient (Wildman–Crippen LogP) is 3.79. The number of fused-ring (bicyclic) bond motifs is 1. The van der Waals surface area contributed by atoms with E-state index < -0.39 is 9.84 Å². The molecular weight excluding hydrogens is 457 g/mol. The van der Waals surface area contributed by atoms with Crippen molar-refractivity contribution in [2.24, 2.45) is 0 Å². The number of benzene rings is 2. The largest absolute Gasteiger partial charge is 0.357 e. The summed E-state index contributed by atoms with van der Waals surface area (Å²) < 4.78 is 40.8. The van der Waals surface area contributed by atoms with Crippen molar-refractivity contribution in [2.45, 2.75) is 17.2 Å². The van der Waals surface area contributed by atoms with E-state index in [0.29, 0.717) is 12.2 Å². The van der Waals surface area contributed by atoms with Crippen molar-refractivity contribution in [1.82, 2.24) is 14.8 Å². The van der Waals surface area contributed by atoms with Crippen molar-refractivity contribution < 1.29 is 12.8 Å². The van der Waals surface area contributed by atoms with Gasteiger partial charge in [-0.3, -0.25) is 4.90 Å². The van der Waals surface area contributed by atoms with E-state index in [1.165, 1.54) is 12.1 Å². The Bertz CT molecular complexity index is 1120. The maximum Gasteiger partial charge on any atom is 0.183 e. The topological polar surface area (TPSA) is 56.4 Å². The van der Waals surface area contributed by atoms with Crippen LogP contribution in [0.25, 0.3) is 10.9 Å². The molecule has 0 amide bonds. The molecule has 1 aromatic heterocycles. The summed E-state index contributed by atoms with van der Waals surface area (Å²) in [7, 11) is -1.44. The Morgan fingerprint density at radius 1 is 1.07 bits per heavy atom. The summed E-state index contributed by atoms with van der Waals surface area (Å²) in [5.41, 5.74) is 2.26. The third kappa shape index (κ3) is 4.55. The number of aromatic amines is 1. The van der Waals surface area contributed by atoms with Gasteiger partial charge in [0.25, 0.3) is 0 Å². The lowest BCUT2D eigenvalue weighted by Gasteiger charge is -2.32. The molecule has 154 valence electrons. The Balaban J connectivity index is 1.70. The molecule has 0 radical (unpaired) electrons. The van der Waals surface area contributed by atoms with Gasteiger partial charge in [0.2, 0.25) is 0 Å². The molecular formula is C21H23BrFN3O2S. The van der Waals surface area contributed by atoms with Crippen molar-refractivity contribution in [1.29, 1.82) is 0 Å². The normalized spacial score (nSPS) is 16.5. The zero-order valence-corrected chi connectivity index (χ0v) is 18.6. The van der Waals surface area contributed by atoms with Crippen LogP contribution >= 0.6 is 15.9 Å². The maximum atomic E-state index is 13.9. The summed E-state index contributed by atoms with van der Waals surface area (Å²) in [5, 5.41) is 0.755. The number of hydrogen-bond acceptors (Lipinski definition) is 4. The number of piperazine rings is 1. The smallest absolute Gasteiger partial charge is 0.183 e. The summed E-state index contributed by atoms with van der Waals surface area (Å²) >= 11 is 3.33. The molecule has 1 fully saturated rings. The van der Waals surface area contributed by atoms with Gasteiger partial charge >= 0.3 is 0 Å². The molecule has 3 aromatic rings. The van der Waals surface area contributed by atoms with Gasteiger partial charge < -0.3 is 9.88 Å². The van der Waals surface area contributed by atoms with E-state index >= 15 is 0 Å². The Kier molecular flexibility index (Phi) is 5.79. The molecule has 4 rings (SSSR count). The number of nitrogens with one attached hydrogen (secondary N) is 1. The minimum absolute atomic E-state index is 0.145. The maximum absolute atomic E-state index is 13.9. The van der Waals surface area contributed by atoms with Crippen LogP contribution < -0.4 is 0 Å². The number of hydrogen-bond donors (Lipinski definition) is 1. The van der Waals surface area contributed by atoms with Crippen molar-refractivity contribution in [3.63, 3.8) is 0 Å². The number of aromatic nitrogens is 1. The van der Waals surface area contributed by atoms with Crippen LogP contribution in [0.15, 0.2) is 51.8 Å². The first kappa shape index (κ1) is 20.5. The first-order valence-corrected chi connectivity index (χ1v) is 11.9. The molecule has 2 aromatic carbocycles. The lowest BCUT2D eigenvalue weighted by atomic mass is 10.1. The molecule has 0 atom stereocenters. The van der Waals surface area contributed by atoms with Crippen molar-refractivity contribution >= 4 is 36.7 Å². The number of sulfone groups is 1. The molecule has 0 aliphatic carbocycles. The second-order valence-corrected chi connectivity index (χ2v) is 10.5. The zero-order valence-electron chi connectivity index (χ0n) is 16.2. The van der Waals surface area contributed by atoms with E-state index in [-0.39, 0.29) is 16.5 Å². The van der Waals surface area contributed by atoms with E-state index in [1.54, 1.807) is 30.3 Å². The van der Waals surface area contributed by atoms with E-state index in [1.807, 2.05) is 0 Å². The van der Waals surface area contributed by atoms with Gasteiger partial charge in [0.15, 0.2) is 9.84 Å². The van der Waals surface area contributed by atoms with Gasteiger partial charge in [-0.1, -0.05) is 15.9 Å². The molecule has 0 unspecified atom stereocenters. The lowest BCUT2D eigenvalue weighted by Crippen LogP contribution is -2.44.